The first-order chi connectivity index (χ1) is 9.66. The highest BCUT2D eigenvalue weighted by Gasteiger charge is 2.26. The number of halogens is 1. The molecule has 2 rings (SSSR count). The van der Waals surface area contributed by atoms with Crippen LogP contribution in [0.1, 0.15) is 25.8 Å². The quantitative estimate of drug-likeness (QED) is 0.843. The minimum atomic E-state index is 0. The predicted molar refractivity (Wildman–Crippen MR) is 93.0 cm³/mol. The zero-order valence-corrected chi connectivity index (χ0v) is 14.3. The molecule has 0 radical (unpaired) electrons. The van der Waals surface area contributed by atoms with Crippen LogP contribution in [0.5, 0.6) is 0 Å². The summed E-state index contributed by atoms with van der Waals surface area (Å²) in [4.78, 5) is 12.4. The topological polar surface area (TPSA) is 41.1 Å². The van der Waals surface area contributed by atoms with Crippen molar-refractivity contribution in [2.75, 3.05) is 13.1 Å². The van der Waals surface area contributed by atoms with E-state index in [2.05, 4.69) is 36.6 Å². The van der Waals surface area contributed by atoms with Gasteiger partial charge in [0.05, 0.1) is 5.25 Å². The second kappa shape index (κ2) is 9.34. The van der Waals surface area contributed by atoms with Gasteiger partial charge in [-0.05, 0) is 24.4 Å². The fraction of sp³-hybridized carbons (Fsp3) is 0.562. The first-order valence-electron chi connectivity index (χ1n) is 7.33. The van der Waals surface area contributed by atoms with Crippen LogP contribution in [-0.4, -0.2) is 30.3 Å². The fourth-order valence-corrected chi connectivity index (χ4v) is 3.56. The minimum Gasteiger partial charge on any atom is -0.351 e. The third-order valence-corrected chi connectivity index (χ3v) is 5.16. The molecule has 1 amide bonds. The maximum atomic E-state index is 12.4. The molecule has 1 aromatic rings. The molecule has 5 heteroatoms. The highest BCUT2D eigenvalue weighted by molar-refractivity contribution is 7.99. The second-order valence-electron chi connectivity index (χ2n) is 5.66. The molecule has 2 atom stereocenters. The molecule has 1 heterocycles. The summed E-state index contributed by atoms with van der Waals surface area (Å²) in [5.41, 5.74) is 1.28. The van der Waals surface area contributed by atoms with Gasteiger partial charge in [0, 0.05) is 18.3 Å². The van der Waals surface area contributed by atoms with Crippen molar-refractivity contribution in [3.63, 3.8) is 0 Å². The van der Waals surface area contributed by atoms with E-state index in [1.165, 1.54) is 5.56 Å². The Labute approximate surface area is 138 Å². The number of thioether (sulfide) groups is 1. The monoisotopic (exact) mass is 328 g/mol. The van der Waals surface area contributed by atoms with Crippen LogP contribution in [0.2, 0.25) is 0 Å². The van der Waals surface area contributed by atoms with Crippen molar-refractivity contribution in [3.8, 4) is 0 Å². The molecule has 118 valence electrons. The third kappa shape index (κ3) is 5.89. The Morgan fingerprint density at radius 3 is 2.67 bits per heavy atom. The lowest BCUT2D eigenvalue weighted by Crippen LogP contribution is -2.43. The number of amides is 1. The lowest BCUT2D eigenvalue weighted by atomic mass is 10.1. The molecular formula is C16H25ClN2OS. The van der Waals surface area contributed by atoms with Crippen LogP contribution in [0.3, 0.4) is 0 Å². The molecule has 3 nitrogen and oxygen atoms in total. The molecular weight excluding hydrogens is 304 g/mol. The summed E-state index contributed by atoms with van der Waals surface area (Å²) < 4.78 is 0. The smallest absolute Gasteiger partial charge is 0.233 e. The number of benzene rings is 1. The van der Waals surface area contributed by atoms with Gasteiger partial charge in [0.2, 0.25) is 5.91 Å². The molecule has 0 spiro atoms. The van der Waals surface area contributed by atoms with Crippen LogP contribution in [0.25, 0.3) is 0 Å². The van der Waals surface area contributed by atoms with Crippen LogP contribution in [-0.2, 0) is 10.5 Å². The van der Waals surface area contributed by atoms with E-state index in [1.807, 2.05) is 18.2 Å². The first kappa shape index (κ1) is 18.3. The van der Waals surface area contributed by atoms with Crippen molar-refractivity contribution in [3.05, 3.63) is 35.9 Å². The molecule has 1 aliphatic rings. The van der Waals surface area contributed by atoms with Crippen LogP contribution in [0.15, 0.2) is 30.3 Å². The first-order valence-corrected chi connectivity index (χ1v) is 8.38. The van der Waals surface area contributed by atoms with E-state index >= 15 is 0 Å². The van der Waals surface area contributed by atoms with E-state index in [4.69, 9.17) is 0 Å². The van der Waals surface area contributed by atoms with E-state index in [1.54, 1.807) is 11.8 Å². The Hall–Kier alpha value is -0.710. The van der Waals surface area contributed by atoms with Gasteiger partial charge in [-0.3, -0.25) is 4.79 Å². The molecule has 1 saturated heterocycles. The number of carbonyl (C=O) groups is 1. The van der Waals surface area contributed by atoms with Crippen molar-refractivity contribution in [2.24, 2.45) is 5.92 Å². The van der Waals surface area contributed by atoms with Gasteiger partial charge in [-0.2, -0.15) is 0 Å². The summed E-state index contributed by atoms with van der Waals surface area (Å²) in [5, 5.41) is 6.48. The van der Waals surface area contributed by atoms with Crippen molar-refractivity contribution < 1.29 is 4.79 Å². The average Bonchev–Trinajstić information content (AvgIpc) is 2.92. The largest absolute Gasteiger partial charge is 0.351 e. The number of carbonyl (C=O) groups excluding carboxylic acids is 1. The Morgan fingerprint density at radius 1 is 1.38 bits per heavy atom. The summed E-state index contributed by atoms with van der Waals surface area (Å²) in [5.74, 6) is 1.42. The van der Waals surface area contributed by atoms with E-state index in [0.29, 0.717) is 12.0 Å². The van der Waals surface area contributed by atoms with Crippen LogP contribution >= 0.6 is 24.2 Å². The maximum absolute atomic E-state index is 12.4. The lowest BCUT2D eigenvalue weighted by Gasteiger charge is -2.22. The molecule has 1 aliphatic heterocycles. The highest BCUT2D eigenvalue weighted by Crippen LogP contribution is 2.24. The molecule has 0 bridgehead atoms. The van der Waals surface area contributed by atoms with Gasteiger partial charge in [0.15, 0.2) is 0 Å². The van der Waals surface area contributed by atoms with E-state index in [0.717, 1.165) is 25.3 Å². The summed E-state index contributed by atoms with van der Waals surface area (Å²) in [7, 11) is 0. The van der Waals surface area contributed by atoms with Crippen LogP contribution in [0, 0.1) is 5.92 Å². The van der Waals surface area contributed by atoms with E-state index < -0.39 is 0 Å². The van der Waals surface area contributed by atoms with Crippen LogP contribution in [0.4, 0.5) is 0 Å². The Morgan fingerprint density at radius 2 is 2.10 bits per heavy atom. The molecule has 0 aliphatic carbocycles. The fourth-order valence-electron chi connectivity index (χ4n) is 2.39. The maximum Gasteiger partial charge on any atom is 0.233 e. The molecule has 21 heavy (non-hydrogen) atoms. The molecule has 2 N–H and O–H groups in total. The lowest BCUT2D eigenvalue weighted by molar-refractivity contribution is -0.121. The van der Waals surface area contributed by atoms with Crippen molar-refractivity contribution in [1.82, 2.24) is 10.6 Å². The standard InChI is InChI=1S/C16H24N2OS.ClH/c1-12(2)15(16(19)18-14-8-9-17-10-14)20-11-13-6-4-3-5-7-13;/h3-7,12,14-15,17H,8-11H2,1-2H3,(H,18,19);1H. The van der Waals surface area contributed by atoms with Gasteiger partial charge >= 0.3 is 0 Å². The molecule has 1 aromatic carbocycles. The van der Waals surface area contributed by atoms with Gasteiger partial charge in [0.1, 0.15) is 0 Å². The van der Waals surface area contributed by atoms with Crippen molar-refractivity contribution >= 4 is 30.1 Å². The molecule has 0 aromatic heterocycles. The zero-order chi connectivity index (χ0) is 14.4. The zero-order valence-electron chi connectivity index (χ0n) is 12.7. The van der Waals surface area contributed by atoms with Gasteiger partial charge in [-0.25, -0.2) is 0 Å². The number of rotatable bonds is 6. The van der Waals surface area contributed by atoms with E-state index in [9.17, 15) is 4.79 Å². The Kier molecular flexibility index (Phi) is 8.15. The van der Waals surface area contributed by atoms with Gasteiger partial charge in [-0.15, -0.1) is 24.2 Å². The summed E-state index contributed by atoms with van der Waals surface area (Å²) >= 11 is 1.74. The Balaban J connectivity index is 0.00000220. The Bertz CT molecular complexity index is 422. The molecule has 2 unspecified atom stereocenters. The molecule has 1 fully saturated rings. The average molecular weight is 329 g/mol. The summed E-state index contributed by atoms with van der Waals surface area (Å²) in [6, 6.07) is 10.6. The van der Waals surface area contributed by atoms with Gasteiger partial charge in [0.25, 0.3) is 0 Å². The second-order valence-corrected chi connectivity index (χ2v) is 6.79. The summed E-state index contributed by atoms with van der Waals surface area (Å²) in [6.45, 7) is 6.15. The predicted octanol–water partition coefficient (Wildman–Crippen LogP) is 2.84. The van der Waals surface area contributed by atoms with Gasteiger partial charge < -0.3 is 10.6 Å². The number of nitrogens with one attached hydrogen (secondary N) is 2. The minimum absolute atomic E-state index is 0. The third-order valence-electron chi connectivity index (χ3n) is 3.54. The number of hydrogen-bond acceptors (Lipinski definition) is 3. The van der Waals surface area contributed by atoms with Crippen LogP contribution < -0.4 is 10.6 Å². The van der Waals surface area contributed by atoms with Crippen molar-refractivity contribution in [1.29, 1.82) is 0 Å². The van der Waals surface area contributed by atoms with Crippen molar-refractivity contribution in [2.45, 2.75) is 37.3 Å². The number of hydrogen-bond donors (Lipinski definition) is 2. The normalized spacial score (nSPS) is 19.1. The summed E-state index contributed by atoms with van der Waals surface area (Å²) in [6.07, 6.45) is 1.04. The van der Waals surface area contributed by atoms with Gasteiger partial charge in [-0.1, -0.05) is 44.2 Å². The molecule has 0 saturated carbocycles. The highest BCUT2D eigenvalue weighted by atomic mass is 35.5. The SMILES string of the molecule is CC(C)C(SCc1ccccc1)C(=O)NC1CCNC1.Cl. The van der Waals surface area contributed by atoms with E-state index in [-0.39, 0.29) is 23.6 Å².